The number of pyridine rings is 1. The summed E-state index contributed by atoms with van der Waals surface area (Å²) >= 11 is 0. The standard InChI is InChI=1S/C16H18N6O3S2/c1-5-9-21-15(23)11-10-17-16(26(2)24)19-14(11)22(21)13-8-6-7-12(18-13)20-27(3,4)25/h5-8,10H,1,9H2,2-4H3. The number of allylic oxidation sites excluding steroid dienone is 1. The van der Waals surface area contributed by atoms with E-state index in [1.54, 1.807) is 24.3 Å². The Kier molecular flexibility index (Phi) is 5.07. The molecular weight excluding hydrogens is 388 g/mol. The average molecular weight is 406 g/mol. The van der Waals surface area contributed by atoms with Gasteiger partial charge in [-0.3, -0.25) is 9.00 Å². The highest BCUT2D eigenvalue weighted by Gasteiger charge is 2.18. The number of hydrogen-bond acceptors (Lipinski definition) is 7. The molecule has 0 fully saturated rings. The zero-order chi connectivity index (χ0) is 19.8. The molecule has 0 amide bonds. The van der Waals surface area contributed by atoms with Crippen LogP contribution in [-0.2, 0) is 27.1 Å². The number of hydrogen-bond donors (Lipinski definition) is 0. The second-order valence-corrected chi connectivity index (χ2v) is 9.78. The fourth-order valence-corrected chi connectivity index (χ4v) is 3.45. The van der Waals surface area contributed by atoms with Gasteiger partial charge in [0.1, 0.15) is 5.39 Å². The van der Waals surface area contributed by atoms with Crippen LogP contribution in [0.4, 0.5) is 5.82 Å². The number of aromatic nitrogens is 5. The third-order valence-corrected chi connectivity index (χ3v) is 4.80. The van der Waals surface area contributed by atoms with Crippen LogP contribution < -0.4 is 5.56 Å². The lowest BCUT2D eigenvalue weighted by molar-refractivity contribution is 0.596. The number of nitrogens with zero attached hydrogens (tertiary/aromatic N) is 6. The van der Waals surface area contributed by atoms with Crippen LogP contribution in [0.2, 0.25) is 0 Å². The van der Waals surface area contributed by atoms with E-state index < -0.39 is 20.5 Å². The van der Waals surface area contributed by atoms with E-state index >= 15 is 0 Å². The first-order valence-electron chi connectivity index (χ1n) is 7.78. The summed E-state index contributed by atoms with van der Waals surface area (Å²) in [6.45, 7) is 3.89. The summed E-state index contributed by atoms with van der Waals surface area (Å²) in [4.78, 5) is 25.4. The molecule has 0 bridgehead atoms. The number of rotatable bonds is 5. The summed E-state index contributed by atoms with van der Waals surface area (Å²) in [6, 6.07) is 5.00. The van der Waals surface area contributed by atoms with Gasteiger partial charge in [-0.2, -0.15) is 4.36 Å². The van der Waals surface area contributed by atoms with Crippen LogP contribution in [0.3, 0.4) is 0 Å². The molecule has 0 aliphatic carbocycles. The molecule has 3 heterocycles. The summed E-state index contributed by atoms with van der Waals surface area (Å²) < 4.78 is 30.8. The largest absolute Gasteiger partial charge is 0.278 e. The highest BCUT2D eigenvalue weighted by molar-refractivity contribution is 7.92. The fraction of sp³-hybridized carbons (Fsp3) is 0.250. The van der Waals surface area contributed by atoms with Gasteiger partial charge in [0.15, 0.2) is 17.3 Å². The molecule has 0 saturated heterocycles. The van der Waals surface area contributed by atoms with Gasteiger partial charge >= 0.3 is 0 Å². The maximum atomic E-state index is 12.7. The third kappa shape index (κ3) is 3.88. The molecule has 0 aromatic carbocycles. The zero-order valence-electron chi connectivity index (χ0n) is 15.0. The van der Waals surface area contributed by atoms with Gasteiger partial charge in [-0.15, -0.1) is 6.58 Å². The fourth-order valence-electron chi connectivity index (χ4n) is 2.48. The van der Waals surface area contributed by atoms with Gasteiger partial charge < -0.3 is 0 Å². The summed E-state index contributed by atoms with van der Waals surface area (Å²) in [6.07, 6.45) is 7.41. The zero-order valence-corrected chi connectivity index (χ0v) is 16.7. The van der Waals surface area contributed by atoms with Gasteiger partial charge in [0, 0.05) is 34.7 Å². The van der Waals surface area contributed by atoms with Gasteiger partial charge in [-0.25, -0.2) is 28.5 Å². The first-order valence-corrected chi connectivity index (χ1v) is 11.7. The maximum Gasteiger partial charge on any atom is 0.278 e. The first-order chi connectivity index (χ1) is 12.7. The lowest BCUT2D eigenvalue weighted by Crippen LogP contribution is -2.22. The van der Waals surface area contributed by atoms with E-state index in [0.29, 0.717) is 5.82 Å². The molecule has 3 rings (SSSR count). The van der Waals surface area contributed by atoms with Crippen molar-refractivity contribution >= 4 is 37.4 Å². The van der Waals surface area contributed by atoms with Crippen molar-refractivity contribution in [1.82, 2.24) is 24.3 Å². The third-order valence-electron chi connectivity index (χ3n) is 3.46. The smallest absolute Gasteiger partial charge is 0.267 e. The molecule has 142 valence electrons. The van der Waals surface area contributed by atoms with E-state index in [-0.39, 0.29) is 34.1 Å². The van der Waals surface area contributed by atoms with E-state index in [9.17, 15) is 13.2 Å². The molecule has 1 atom stereocenters. The minimum atomic E-state index is -2.40. The van der Waals surface area contributed by atoms with Gasteiger partial charge in [-0.1, -0.05) is 12.1 Å². The van der Waals surface area contributed by atoms with Crippen molar-refractivity contribution in [3.05, 3.63) is 47.4 Å². The van der Waals surface area contributed by atoms with Gasteiger partial charge in [0.05, 0.1) is 17.3 Å². The van der Waals surface area contributed by atoms with E-state index in [1.165, 1.54) is 34.3 Å². The van der Waals surface area contributed by atoms with Crippen LogP contribution in [0.5, 0.6) is 0 Å². The SMILES string of the molecule is C=CCn1c(=O)c2cnc(S(C)=O)nc2n1-c1cccc(N=S(C)(C)=O)n1. The maximum absolute atomic E-state index is 12.7. The van der Waals surface area contributed by atoms with Crippen LogP contribution in [0.15, 0.2) is 51.4 Å². The lowest BCUT2D eigenvalue weighted by atomic mass is 10.4. The summed E-state index contributed by atoms with van der Waals surface area (Å²) in [7, 11) is -3.81. The van der Waals surface area contributed by atoms with Crippen molar-refractivity contribution in [2.24, 2.45) is 4.36 Å². The van der Waals surface area contributed by atoms with Crippen molar-refractivity contribution in [3.8, 4) is 5.82 Å². The lowest BCUT2D eigenvalue weighted by Gasteiger charge is -2.10. The molecule has 1 unspecified atom stereocenters. The highest BCUT2D eigenvalue weighted by atomic mass is 32.2. The second-order valence-electron chi connectivity index (χ2n) is 5.96. The molecule has 27 heavy (non-hydrogen) atoms. The van der Waals surface area contributed by atoms with Crippen LogP contribution in [-0.4, -0.2) is 51.5 Å². The molecule has 11 heteroatoms. The Hall–Kier alpha value is -2.66. The van der Waals surface area contributed by atoms with Crippen molar-refractivity contribution < 1.29 is 8.42 Å². The molecule has 9 nitrogen and oxygen atoms in total. The normalized spacial score (nSPS) is 12.9. The van der Waals surface area contributed by atoms with Gasteiger partial charge in [-0.05, 0) is 12.1 Å². The number of fused-ring (bicyclic) bond motifs is 1. The van der Waals surface area contributed by atoms with Gasteiger partial charge in [0.2, 0.25) is 5.16 Å². The summed E-state index contributed by atoms with van der Waals surface area (Å²) in [5.74, 6) is 0.635. The first kappa shape index (κ1) is 19.1. The predicted molar refractivity (Wildman–Crippen MR) is 106 cm³/mol. The van der Waals surface area contributed by atoms with E-state index in [1.807, 2.05) is 0 Å². The van der Waals surface area contributed by atoms with Crippen molar-refractivity contribution in [2.45, 2.75) is 11.7 Å². The Morgan fingerprint density at radius 3 is 2.70 bits per heavy atom. The Labute approximate surface area is 158 Å². The molecule has 3 aromatic rings. The van der Waals surface area contributed by atoms with E-state index in [4.69, 9.17) is 0 Å². The monoisotopic (exact) mass is 406 g/mol. The second kappa shape index (κ2) is 7.16. The van der Waals surface area contributed by atoms with Crippen molar-refractivity contribution in [2.75, 3.05) is 18.8 Å². The molecule has 3 aromatic heterocycles. The van der Waals surface area contributed by atoms with Crippen LogP contribution >= 0.6 is 0 Å². The Balaban J connectivity index is 2.37. The molecule has 0 aliphatic rings. The van der Waals surface area contributed by atoms with Crippen molar-refractivity contribution in [1.29, 1.82) is 0 Å². The van der Waals surface area contributed by atoms with Gasteiger partial charge in [0.25, 0.3) is 5.56 Å². The Bertz CT molecular complexity index is 1240. The van der Waals surface area contributed by atoms with E-state index in [2.05, 4.69) is 25.9 Å². The molecule has 0 spiro atoms. The molecule has 0 N–H and O–H groups in total. The quantitative estimate of drug-likeness (QED) is 0.466. The van der Waals surface area contributed by atoms with Crippen LogP contribution in [0.1, 0.15) is 0 Å². The highest BCUT2D eigenvalue weighted by Crippen LogP contribution is 2.18. The van der Waals surface area contributed by atoms with E-state index in [0.717, 1.165) is 0 Å². The summed E-state index contributed by atoms with van der Waals surface area (Å²) in [5, 5.41) is 0.378. The average Bonchev–Trinajstić information content (AvgIpc) is 2.86. The Morgan fingerprint density at radius 2 is 2.07 bits per heavy atom. The predicted octanol–water partition coefficient (Wildman–Crippen LogP) is 1.26. The molecule has 0 saturated carbocycles. The molecule has 0 aliphatic heterocycles. The molecular formula is C16H18N6O3S2. The van der Waals surface area contributed by atoms with Crippen LogP contribution in [0.25, 0.3) is 16.9 Å². The Morgan fingerprint density at radius 1 is 1.33 bits per heavy atom. The topological polar surface area (TPSA) is 112 Å². The minimum absolute atomic E-state index is 0.109. The van der Waals surface area contributed by atoms with Crippen molar-refractivity contribution in [3.63, 3.8) is 0 Å². The van der Waals surface area contributed by atoms with Crippen LogP contribution in [0, 0.1) is 0 Å². The summed E-state index contributed by atoms with van der Waals surface area (Å²) in [5.41, 5.74) is -0.0438. The minimum Gasteiger partial charge on any atom is -0.267 e. The molecule has 0 radical (unpaired) electrons.